The molecule has 23 aromatic rings. The van der Waals surface area contributed by atoms with Crippen molar-refractivity contribution in [3.8, 4) is 74.1 Å². The monoisotopic (exact) mass is 1400 g/mol. The van der Waals surface area contributed by atoms with Crippen molar-refractivity contribution in [2.24, 2.45) is 0 Å². The summed E-state index contributed by atoms with van der Waals surface area (Å²) in [6, 6.07) is 138. The molecule has 0 radical (unpaired) electrons. The maximum Gasteiger partial charge on any atom is 0.160 e. The average molecular weight is 1400 g/mol. The molecule has 0 amide bonds. The van der Waals surface area contributed by atoms with Crippen LogP contribution < -0.4 is 0 Å². The Hall–Kier alpha value is -15.1. The molecule has 9 nitrogen and oxygen atoms in total. The fourth-order valence-electron chi connectivity index (χ4n) is 17.7. The summed E-state index contributed by atoms with van der Waals surface area (Å²) in [5, 5.41) is 24.5. The molecule has 9 heteroatoms. The molecule has 23 rings (SSSR count). The van der Waals surface area contributed by atoms with Gasteiger partial charge >= 0.3 is 0 Å². The first-order valence-corrected chi connectivity index (χ1v) is 37.3. The number of benzene rings is 16. The molecule has 0 aliphatic rings. The van der Waals surface area contributed by atoms with Gasteiger partial charge in [0, 0.05) is 115 Å². The first kappa shape index (κ1) is 62.3. The number of aromatic nitrogens is 8. The standard InChI is InChI=1S/C58H37N5.C43H26N4/c1-5-18-38(19-6-1)49-37-50(60-58(59-49)39-20-7-2-8-21-39)47-29-17-28-45-44-33-32-42(36-54(44)62(56(45)47)41-24-11-4-12-25-41)63-51-30-15-13-26-43(51)46-34-35-53-55(57(46)63)48-27-14-16-31-52(48)61(53)40-22-9-3-10-23-40;44-27-28-12-11-19-34-33-23-22-31(26-40(33)46(42(28)34)30-15-5-2-6-16-30)47-37-20-9-7-17-32(37)35-24-25-39-41(43(35)47)36-18-8-10-21-38(36)45(39)29-13-3-1-4-14-29/h1-37H;1-26H. The molecule has 0 spiro atoms. The highest BCUT2D eigenvalue weighted by Crippen LogP contribution is 2.47. The fraction of sp³-hybridized carbons (Fsp3) is 0. The van der Waals surface area contributed by atoms with Crippen LogP contribution in [-0.2, 0) is 0 Å². The van der Waals surface area contributed by atoms with Crippen LogP contribution in [0.15, 0.2) is 382 Å². The predicted molar refractivity (Wildman–Crippen MR) is 456 cm³/mol. The van der Waals surface area contributed by atoms with Crippen molar-refractivity contribution in [3.63, 3.8) is 0 Å². The van der Waals surface area contributed by atoms with Gasteiger partial charge in [-0.25, -0.2) is 9.97 Å². The van der Waals surface area contributed by atoms with Gasteiger partial charge in [0.25, 0.3) is 0 Å². The SMILES string of the molecule is N#Cc1cccc2c3ccc(-n4c5ccccc5c5ccc6c(c7ccccc7n6-c6ccccc6)c54)cc3n(-c3ccccc3)c12.c1ccc(-c2cc(-c3cccc4c5ccc(-n6c7ccccc7c7ccc8c(c9ccccc9n8-c8ccccc8)c76)cc5n(-c5ccccc5)c34)nc(-c3ccccc3)n2)cc1. The van der Waals surface area contributed by atoms with E-state index in [2.05, 4.69) is 373 Å². The molecule has 0 aliphatic heterocycles. The summed E-state index contributed by atoms with van der Waals surface area (Å²) < 4.78 is 14.4. The molecular weight excluding hydrogens is 1340 g/mol. The van der Waals surface area contributed by atoms with Crippen molar-refractivity contribution in [2.45, 2.75) is 0 Å². The second-order valence-electron chi connectivity index (χ2n) is 28.2. The molecule has 7 aromatic heterocycles. The van der Waals surface area contributed by atoms with Crippen molar-refractivity contribution in [2.75, 3.05) is 0 Å². The first-order valence-electron chi connectivity index (χ1n) is 37.3. The molecule has 0 N–H and O–H groups in total. The molecule has 110 heavy (non-hydrogen) atoms. The zero-order chi connectivity index (χ0) is 72.5. The van der Waals surface area contributed by atoms with Gasteiger partial charge in [0.05, 0.1) is 83.2 Å². The first-order chi connectivity index (χ1) is 54.6. The smallest absolute Gasteiger partial charge is 0.160 e. The maximum absolute atomic E-state index is 10.2. The largest absolute Gasteiger partial charge is 0.309 e. The van der Waals surface area contributed by atoms with Gasteiger partial charge in [-0.2, -0.15) is 5.26 Å². The van der Waals surface area contributed by atoms with Crippen LogP contribution in [0.4, 0.5) is 0 Å². The van der Waals surface area contributed by atoms with Crippen molar-refractivity contribution >= 4 is 131 Å². The lowest BCUT2D eigenvalue weighted by molar-refractivity contribution is 1.15. The highest BCUT2D eigenvalue weighted by Gasteiger charge is 2.27. The van der Waals surface area contributed by atoms with E-state index in [1.807, 2.05) is 42.5 Å². The van der Waals surface area contributed by atoms with Crippen LogP contribution in [0, 0.1) is 11.3 Å². The zero-order valence-electron chi connectivity index (χ0n) is 59.4. The van der Waals surface area contributed by atoms with Crippen molar-refractivity contribution in [3.05, 3.63) is 388 Å². The summed E-state index contributed by atoms with van der Waals surface area (Å²) in [5.74, 6) is 0.694. The molecule has 0 saturated carbocycles. The fourth-order valence-corrected chi connectivity index (χ4v) is 17.7. The van der Waals surface area contributed by atoms with Gasteiger partial charge in [-0.15, -0.1) is 0 Å². The molecule has 0 unspecified atom stereocenters. The number of fused-ring (bicyclic) bond motifs is 20. The number of nitrogens with zero attached hydrogens (tertiary/aromatic N) is 9. The molecule has 16 aromatic carbocycles. The highest BCUT2D eigenvalue weighted by molar-refractivity contribution is 6.28. The normalized spacial score (nSPS) is 11.8. The second-order valence-corrected chi connectivity index (χ2v) is 28.2. The number of hydrogen-bond acceptors (Lipinski definition) is 3. The van der Waals surface area contributed by atoms with Crippen LogP contribution in [0.3, 0.4) is 0 Å². The third-order valence-corrected chi connectivity index (χ3v) is 22.3. The van der Waals surface area contributed by atoms with E-state index >= 15 is 0 Å². The molecule has 0 bridgehead atoms. The molecule has 512 valence electrons. The lowest BCUT2D eigenvalue weighted by atomic mass is 10.0. The van der Waals surface area contributed by atoms with Gasteiger partial charge in [-0.05, 0) is 121 Å². The molecule has 0 saturated heterocycles. The zero-order valence-corrected chi connectivity index (χ0v) is 59.4. The van der Waals surface area contributed by atoms with E-state index in [1.54, 1.807) is 0 Å². The lowest BCUT2D eigenvalue weighted by Crippen LogP contribution is -1.99. The molecule has 0 aliphatic carbocycles. The third-order valence-electron chi connectivity index (χ3n) is 22.3. The van der Waals surface area contributed by atoms with Crippen molar-refractivity contribution in [1.29, 1.82) is 5.26 Å². The van der Waals surface area contributed by atoms with Crippen LogP contribution in [-0.4, -0.2) is 37.4 Å². The summed E-state index contributed by atoms with van der Waals surface area (Å²) in [4.78, 5) is 10.5. The summed E-state index contributed by atoms with van der Waals surface area (Å²) >= 11 is 0. The van der Waals surface area contributed by atoms with Crippen molar-refractivity contribution in [1.82, 2.24) is 37.4 Å². The quantitative estimate of drug-likeness (QED) is 0.144. The number of rotatable bonds is 9. The average Bonchev–Trinajstić information content (AvgIpc) is 1.55. The Bertz CT molecular complexity index is 7630. The molecule has 0 atom stereocenters. The van der Waals surface area contributed by atoms with E-state index in [0.29, 0.717) is 11.4 Å². The second kappa shape index (κ2) is 25.0. The molecule has 0 fully saturated rings. The maximum atomic E-state index is 10.2. The van der Waals surface area contributed by atoms with Gasteiger partial charge in [0.2, 0.25) is 0 Å². The van der Waals surface area contributed by atoms with Crippen LogP contribution in [0.2, 0.25) is 0 Å². The summed E-state index contributed by atoms with van der Waals surface area (Å²) in [5.41, 5.74) is 25.7. The van der Waals surface area contributed by atoms with E-state index in [1.165, 1.54) is 87.1 Å². The summed E-state index contributed by atoms with van der Waals surface area (Å²) in [6.07, 6.45) is 0. The van der Waals surface area contributed by atoms with Gasteiger partial charge in [0.1, 0.15) is 6.07 Å². The minimum Gasteiger partial charge on any atom is -0.309 e. The van der Waals surface area contributed by atoms with Crippen molar-refractivity contribution < 1.29 is 0 Å². The van der Waals surface area contributed by atoms with E-state index in [4.69, 9.17) is 9.97 Å². The van der Waals surface area contributed by atoms with Crippen LogP contribution in [0.1, 0.15) is 5.56 Å². The molecular formula is C101H63N9. The third kappa shape index (κ3) is 9.53. The Balaban J connectivity index is 0.000000142. The topological polar surface area (TPSA) is 79.1 Å². The van der Waals surface area contributed by atoms with E-state index in [9.17, 15) is 5.26 Å². The Labute approximate surface area is 631 Å². The van der Waals surface area contributed by atoms with Crippen LogP contribution >= 0.6 is 0 Å². The van der Waals surface area contributed by atoms with E-state index < -0.39 is 0 Å². The summed E-state index contributed by atoms with van der Waals surface area (Å²) in [7, 11) is 0. The van der Waals surface area contributed by atoms with Gasteiger partial charge < -0.3 is 27.4 Å². The highest BCUT2D eigenvalue weighted by atomic mass is 15.1. The van der Waals surface area contributed by atoms with Gasteiger partial charge in [0.15, 0.2) is 5.82 Å². The van der Waals surface area contributed by atoms with Gasteiger partial charge in [-0.3, -0.25) is 0 Å². The Morgan fingerprint density at radius 2 is 0.545 bits per heavy atom. The van der Waals surface area contributed by atoms with E-state index in [0.717, 1.165) is 106 Å². The number of hydrogen-bond donors (Lipinski definition) is 0. The van der Waals surface area contributed by atoms with Crippen LogP contribution in [0.25, 0.3) is 199 Å². The predicted octanol–water partition coefficient (Wildman–Crippen LogP) is 25.6. The summed E-state index contributed by atoms with van der Waals surface area (Å²) in [6.45, 7) is 0. The van der Waals surface area contributed by atoms with Gasteiger partial charge in [-0.1, -0.05) is 261 Å². The number of para-hydroxylation sites is 10. The number of nitriles is 1. The lowest BCUT2D eigenvalue weighted by Gasteiger charge is -2.14. The Kier molecular flexibility index (Phi) is 14.2. The minimum absolute atomic E-state index is 0.663. The molecule has 7 heterocycles. The Morgan fingerprint density at radius 1 is 0.209 bits per heavy atom. The minimum atomic E-state index is 0.663. The van der Waals surface area contributed by atoms with Crippen LogP contribution in [0.5, 0.6) is 0 Å². The Morgan fingerprint density at radius 3 is 1.02 bits per heavy atom. The van der Waals surface area contributed by atoms with E-state index in [-0.39, 0.29) is 0 Å².